The molecule has 0 aliphatic heterocycles. The number of nitrogens with zero attached hydrogens (tertiary/aromatic N) is 1. The highest BCUT2D eigenvalue weighted by molar-refractivity contribution is 5.81. The van der Waals surface area contributed by atoms with Gasteiger partial charge in [0.1, 0.15) is 0 Å². The molecule has 0 aliphatic rings. The van der Waals surface area contributed by atoms with Crippen molar-refractivity contribution in [3.05, 3.63) is 46.9 Å². The van der Waals surface area contributed by atoms with Crippen LogP contribution in [0.2, 0.25) is 0 Å². The molecule has 0 radical (unpaired) electrons. The molecule has 2 heteroatoms. The summed E-state index contributed by atoms with van der Waals surface area (Å²) in [4.78, 5) is 11.8. The number of fused-ring (bicyclic) bond motifs is 1. The van der Waals surface area contributed by atoms with Crippen LogP contribution in [0.15, 0.2) is 41.3 Å². The third-order valence-electron chi connectivity index (χ3n) is 2.50. The summed E-state index contributed by atoms with van der Waals surface area (Å²) in [6.07, 6.45) is 1.93. The van der Waals surface area contributed by atoms with Gasteiger partial charge in [-0.2, -0.15) is 0 Å². The van der Waals surface area contributed by atoms with Crippen LogP contribution in [0.3, 0.4) is 0 Å². The molecule has 15 heavy (non-hydrogen) atoms. The second kappa shape index (κ2) is 3.23. The quantitative estimate of drug-likeness (QED) is 0.642. The Morgan fingerprint density at radius 2 is 1.67 bits per heavy atom. The topological polar surface area (TPSA) is 22.0 Å². The van der Waals surface area contributed by atoms with Crippen molar-refractivity contribution in [2.24, 2.45) is 0 Å². The summed E-state index contributed by atoms with van der Waals surface area (Å²) < 4.78 is 1.77. The van der Waals surface area contributed by atoms with Crippen LogP contribution in [0.1, 0.15) is 20.8 Å². The van der Waals surface area contributed by atoms with E-state index in [9.17, 15) is 4.79 Å². The zero-order valence-corrected chi connectivity index (χ0v) is 9.32. The third kappa shape index (κ3) is 1.80. The SMILES string of the molecule is CC(C)(C)n1cc2ccccc2cc1=O. The summed E-state index contributed by atoms with van der Waals surface area (Å²) in [7, 11) is 0. The minimum atomic E-state index is -0.166. The van der Waals surface area contributed by atoms with Crippen molar-refractivity contribution >= 4 is 10.8 Å². The summed E-state index contributed by atoms with van der Waals surface area (Å²) >= 11 is 0. The van der Waals surface area contributed by atoms with Crippen molar-refractivity contribution in [1.29, 1.82) is 0 Å². The molecule has 0 fully saturated rings. The predicted molar refractivity (Wildman–Crippen MR) is 63.2 cm³/mol. The lowest BCUT2D eigenvalue weighted by Gasteiger charge is -2.22. The van der Waals surface area contributed by atoms with Crippen LogP contribution < -0.4 is 5.56 Å². The molecule has 1 aromatic heterocycles. The molecule has 2 rings (SSSR count). The first-order valence-electron chi connectivity index (χ1n) is 5.10. The van der Waals surface area contributed by atoms with E-state index in [1.54, 1.807) is 10.6 Å². The molecule has 2 aromatic rings. The van der Waals surface area contributed by atoms with E-state index >= 15 is 0 Å². The lowest BCUT2D eigenvalue weighted by atomic mass is 10.1. The Kier molecular flexibility index (Phi) is 2.14. The van der Waals surface area contributed by atoms with Gasteiger partial charge in [0, 0.05) is 17.8 Å². The molecule has 78 valence electrons. The molecule has 0 N–H and O–H groups in total. The van der Waals surface area contributed by atoms with E-state index in [-0.39, 0.29) is 11.1 Å². The number of benzene rings is 1. The van der Waals surface area contributed by atoms with Gasteiger partial charge in [0.2, 0.25) is 0 Å². The maximum Gasteiger partial charge on any atom is 0.251 e. The second-order valence-electron chi connectivity index (χ2n) is 4.78. The van der Waals surface area contributed by atoms with Crippen LogP contribution in [0.4, 0.5) is 0 Å². The highest BCUT2D eigenvalue weighted by Crippen LogP contribution is 2.15. The predicted octanol–water partition coefficient (Wildman–Crippen LogP) is 2.76. The Labute approximate surface area is 89.2 Å². The van der Waals surface area contributed by atoms with Gasteiger partial charge >= 0.3 is 0 Å². The van der Waals surface area contributed by atoms with Gasteiger partial charge in [0.15, 0.2) is 0 Å². The Bertz CT molecular complexity index is 546. The largest absolute Gasteiger partial charge is 0.310 e. The van der Waals surface area contributed by atoms with E-state index in [2.05, 4.69) is 0 Å². The third-order valence-corrected chi connectivity index (χ3v) is 2.50. The highest BCUT2D eigenvalue weighted by atomic mass is 16.1. The Morgan fingerprint density at radius 3 is 2.27 bits per heavy atom. The molecule has 0 amide bonds. The van der Waals surface area contributed by atoms with Crippen LogP contribution in [0.25, 0.3) is 10.8 Å². The molecule has 0 aliphatic carbocycles. The van der Waals surface area contributed by atoms with Crippen molar-refractivity contribution in [2.45, 2.75) is 26.3 Å². The van der Waals surface area contributed by atoms with Crippen LogP contribution >= 0.6 is 0 Å². The molecular formula is C13H15NO. The fourth-order valence-corrected chi connectivity index (χ4v) is 1.69. The number of aromatic nitrogens is 1. The molecule has 0 atom stereocenters. The second-order valence-corrected chi connectivity index (χ2v) is 4.78. The molecule has 0 bridgehead atoms. The van der Waals surface area contributed by atoms with Crippen molar-refractivity contribution in [1.82, 2.24) is 4.57 Å². The van der Waals surface area contributed by atoms with Gasteiger partial charge in [-0.15, -0.1) is 0 Å². The fourth-order valence-electron chi connectivity index (χ4n) is 1.69. The smallest absolute Gasteiger partial charge is 0.251 e. The van der Waals surface area contributed by atoms with Gasteiger partial charge in [0.25, 0.3) is 5.56 Å². The van der Waals surface area contributed by atoms with Gasteiger partial charge in [-0.1, -0.05) is 24.3 Å². The zero-order valence-electron chi connectivity index (χ0n) is 9.32. The van der Waals surface area contributed by atoms with E-state index in [1.807, 2.05) is 51.2 Å². The van der Waals surface area contributed by atoms with E-state index in [0.29, 0.717) is 0 Å². The molecule has 0 saturated carbocycles. The van der Waals surface area contributed by atoms with Crippen molar-refractivity contribution in [3.8, 4) is 0 Å². The van der Waals surface area contributed by atoms with Crippen LogP contribution in [0, 0.1) is 0 Å². The maximum atomic E-state index is 11.8. The van der Waals surface area contributed by atoms with Crippen LogP contribution in [-0.2, 0) is 5.54 Å². The van der Waals surface area contributed by atoms with Gasteiger partial charge in [-0.3, -0.25) is 4.79 Å². The summed E-state index contributed by atoms with van der Waals surface area (Å²) in [5.74, 6) is 0. The van der Waals surface area contributed by atoms with Gasteiger partial charge in [-0.05, 0) is 31.5 Å². The number of pyridine rings is 1. The number of hydrogen-bond donors (Lipinski definition) is 0. The summed E-state index contributed by atoms with van der Waals surface area (Å²) in [6.45, 7) is 6.09. The lowest BCUT2D eigenvalue weighted by Crippen LogP contribution is -2.32. The standard InChI is InChI=1S/C13H15NO/c1-13(2,3)14-9-11-7-5-4-6-10(11)8-12(14)15/h4-9H,1-3H3. The molecule has 0 spiro atoms. The van der Waals surface area contributed by atoms with E-state index in [4.69, 9.17) is 0 Å². The van der Waals surface area contributed by atoms with Gasteiger partial charge in [-0.25, -0.2) is 0 Å². The molecule has 0 saturated heterocycles. The minimum Gasteiger partial charge on any atom is -0.310 e. The maximum absolute atomic E-state index is 11.8. The van der Waals surface area contributed by atoms with Gasteiger partial charge in [0.05, 0.1) is 0 Å². The molecule has 2 nitrogen and oxygen atoms in total. The Balaban J connectivity index is 2.79. The van der Waals surface area contributed by atoms with Crippen molar-refractivity contribution in [3.63, 3.8) is 0 Å². The molecule has 1 aromatic carbocycles. The summed E-state index contributed by atoms with van der Waals surface area (Å²) in [5, 5.41) is 2.11. The van der Waals surface area contributed by atoms with Crippen LogP contribution in [0.5, 0.6) is 0 Å². The average Bonchev–Trinajstić information content (AvgIpc) is 2.15. The van der Waals surface area contributed by atoms with Crippen molar-refractivity contribution < 1.29 is 0 Å². The average molecular weight is 201 g/mol. The monoisotopic (exact) mass is 201 g/mol. The first kappa shape index (κ1) is 9.97. The Hall–Kier alpha value is -1.57. The van der Waals surface area contributed by atoms with Crippen molar-refractivity contribution in [2.75, 3.05) is 0 Å². The summed E-state index contributed by atoms with van der Waals surface area (Å²) in [5.41, 5.74) is -0.109. The first-order chi connectivity index (χ1) is 6.98. The fraction of sp³-hybridized carbons (Fsp3) is 0.308. The first-order valence-corrected chi connectivity index (χ1v) is 5.10. The zero-order chi connectivity index (χ0) is 11.1. The Morgan fingerprint density at radius 1 is 1.07 bits per heavy atom. The lowest BCUT2D eigenvalue weighted by molar-refractivity contribution is 0.386. The van der Waals surface area contributed by atoms with Crippen LogP contribution in [-0.4, -0.2) is 4.57 Å². The van der Waals surface area contributed by atoms with E-state index in [1.165, 1.54) is 0 Å². The molecule has 1 heterocycles. The molecular weight excluding hydrogens is 186 g/mol. The molecule has 0 unspecified atom stereocenters. The normalized spacial score (nSPS) is 11.9. The number of rotatable bonds is 0. The van der Waals surface area contributed by atoms with E-state index in [0.717, 1.165) is 10.8 Å². The number of hydrogen-bond acceptors (Lipinski definition) is 1. The van der Waals surface area contributed by atoms with Gasteiger partial charge < -0.3 is 4.57 Å². The summed E-state index contributed by atoms with van der Waals surface area (Å²) in [6, 6.07) is 9.62. The van der Waals surface area contributed by atoms with E-state index < -0.39 is 0 Å². The highest BCUT2D eigenvalue weighted by Gasteiger charge is 2.14. The minimum absolute atomic E-state index is 0.0567.